The van der Waals surface area contributed by atoms with E-state index in [1.807, 2.05) is 36.4 Å². The Hall–Kier alpha value is -3.40. The van der Waals surface area contributed by atoms with Crippen molar-refractivity contribution in [2.45, 2.75) is 25.9 Å². The first kappa shape index (κ1) is 18.0. The molecule has 2 atom stereocenters. The maximum Gasteiger partial charge on any atom is 0.170 e. The Morgan fingerprint density at radius 3 is 1.29 bits per heavy atom. The van der Waals surface area contributed by atoms with Crippen LogP contribution in [-0.2, 0) is 0 Å². The van der Waals surface area contributed by atoms with E-state index in [2.05, 4.69) is 73.0 Å². The molecule has 0 radical (unpaired) electrons. The number of aromatic nitrogens is 2. The van der Waals surface area contributed by atoms with Crippen LogP contribution in [0.3, 0.4) is 0 Å². The van der Waals surface area contributed by atoms with Gasteiger partial charge in [0.1, 0.15) is 0 Å². The molecule has 3 aromatic carbocycles. The molecule has 4 nitrogen and oxygen atoms in total. The van der Waals surface area contributed by atoms with Gasteiger partial charge in [0.05, 0.1) is 23.1 Å². The smallest absolute Gasteiger partial charge is 0.170 e. The third-order valence-corrected chi connectivity index (χ3v) is 4.88. The SMILES string of the molecule is C[C@H](Nc1nc2ccccc2nc1N[C@@H](C)c1ccccc1)c1ccccc1. The highest BCUT2D eigenvalue weighted by Gasteiger charge is 2.15. The Balaban J connectivity index is 1.68. The van der Waals surface area contributed by atoms with Gasteiger partial charge in [0.2, 0.25) is 0 Å². The lowest BCUT2D eigenvalue weighted by Crippen LogP contribution is -2.14. The summed E-state index contributed by atoms with van der Waals surface area (Å²) in [6.45, 7) is 4.27. The van der Waals surface area contributed by atoms with Gasteiger partial charge in [-0.1, -0.05) is 72.8 Å². The molecule has 4 heteroatoms. The zero-order valence-corrected chi connectivity index (χ0v) is 16.1. The highest BCUT2D eigenvalue weighted by molar-refractivity contribution is 5.80. The second-order valence-corrected chi connectivity index (χ2v) is 6.96. The van der Waals surface area contributed by atoms with Crippen LogP contribution < -0.4 is 10.6 Å². The van der Waals surface area contributed by atoms with Crippen LogP contribution >= 0.6 is 0 Å². The van der Waals surface area contributed by atoms with Crippen molar-refractivity contribution in [2.75, 3.05) is 10.6 Å². The van der Waals surface area contributed by atoms with E-state index in [0.29, 0.717) is 0 Å². The topological polar surface area (TPSA) is 49.8 Å². The number of benzene rings is 3. The van der Waals surface area contributed by atoms with Crippen LogP contribution in [0.15, 0.2) is 84.9 Å². The Labute approximate surface area is 165 Å². The van der Waals surface area contributed by atoms with Gasteiger partial charge >= 0.3 is 0 Å². The van der Waals surface area contributed by atoms with Gasteiger partial charge in [-0.05, 0) is 37.1 Å². The van der Waals surface area contributed by atoms with Crippen LogP contribution in [0.4, 0.5) is 11.6 Å². The molecule has 28 heavy (non-hydrogen) atoms. The molecule has 0 aliphatic carbocycles. The number of rotatable bonds is 6. The fourth-order valence-electron chi connectivity index (χ4n) is 3.26. The molecule has 4 rings (SSSR count). The van der Waals surface area contributed by atoms with Gasteiger partial charge in [-0.15, -0.1) is 0 Å². The molecule has 0 fully saturated rings. The summed E-state index contributed by atoms with van der Waals surface area (Å²) >= 11 is 0. The fraction of sp³-hybridized carbons (Fsp3) is 0.167. The molecule has 0 aliphatic heterocycles. The third kappa shape index (κ3) is 3.96. The number of nitrogens with one attached hydrogen (secondary N) is 2. The Morgan fingerprint density at radius 1 is 0.536 bits per heavy atom. The van der Waals surface area contributed by atoms with Gasteiger partial charge in [0, 0.05) is 0 Å². The van der Waals surface area contributed by atoms with Crippen molar-refractivity contribution in [1.82, 2.24) is 9.97 Å². The summed E-state index contributed by atoms with van der Waals surface area (Å²) in [6.07, 6.45) is 0. The first-order valence-electron chi connectivity index (χ1n) is 9.60. The molecule has 2 N–H and O–H groups in total. The minimum absolute atomic E-state index is 0.115. The van der Waals surface area contributed by atoms with Gasteiger partial charge < -0.3 is 10.6 Å². The molecular weight excluding hydrogens is 344 g/mol. The summed E-state index contributed by atoms with van der Waals surface area (Å²) in [7, 11) is 0. The first-order valence-corrected chi connectivity index (χ1v) is 9.60. The van der Waals surface area contributed by atoms with Crippen molar-refractivity contribution in [1.29, 1.82) is 0 Å². The molecule has 0 bridgehead atoms. The van der Waals surface area contributed by atoms with E-state index in [1.54, 1.807) is 0 Å². The van der Waals surface area contributed by atoms with Crippen molar-refractivity contribution in [3.05, 3.63) is 96.1 Å². The van der Waals surface area contributed by atoms with Crippen LogP contribution in [0.5, 0.6) is 0 Å². The standard InChI is InChI=1S/C24H24N4/c1-17(19-11-5-3-6-12-19)25-23-24(26-18(2)20-13-7-4-8-14-20)28-22-16-10-9-15-21(22)27-23/h3-18H,1-2H3,(H,25,27)(H,26,28)/t17-,18-/m0/s1. The van der Waals surface area contributed by atoms with Crippen LogP contribution in [0.25, 0.3) is 11.0 Å². The van der Waals surface area contributed by atoms with E-state index >= 15 is 0 Å². The highest BCUT2D eigenvalue weighted by atomic mass is 15.1. The minimum Gasteiger partial charge on any atom is -0.360 e. The Bertz CT molecular complexity index is 962. The van der Waals surface area contributed by atoms with Gasteiger partial charge in [0.15, 0.2) is 11.6 Å². The molecular formula is C24H24N4. The highest BCUT2D eigenvalue weighted by Crippen LogP contribution is 2.28. The predicted molar refractivity (Wildman–Crippen MR) is 116 cm³/mol. The van der Waals surface area contributed by atoms with Crippen molar-refractivity contribution in [3.63, 3.8) is 0 Å². The number of para-hydroxylation sites is 2. The quantitative estimate of drug-likeness (QED) is 0.440. The zero-order valence-electron chi connectivity index (χ0n) is 16.1. The fourth-order valence-corrected chi connectivity index (χ4v) is 3.26. The summed E-state index contributed by atoms with van der Waals surface area (Å²) in [5, 5.41) is 7.08. The summed E-state index contributed by atoms with van der Waals surface area (Å²) in [4.78, 5) is 9.70. The Morgan fingerprint density at radius 2 is 0.893 bits per heavy atom. The largest absolute Gasteiger partial charge is 0.360 e. The van der Waals surface area contributed by atoms with Crippen LogP contribution in [0.2, 0.25) is 0 Å². The predicted octanol–water partition coefficient (Wildman–Crippen LogP) is 5.98. The number of fused-ring (bicyclic) bond motifs is 1. The number of anilines is 2. The molecule has 1 heterocycles. The molecule has 0 spiro atoms. The summed E-state index contributed by atoms with van der Waals surface area (Å²) in [5.74, 6) is 1.52. The van der Waals surface area contributed by atoms with Crippen molar-refractivity contribution < 1.29 is 0 Å². The number of hydrogen-bond donors (Lipinski definition) is 2. The van der Waals surface area contributed by atoms with Gasteiger partial charge in [0.25, 0.3) is 0 Å². The molecule has 0 aliphatic rings. The lowest BCUT2D eigenvalue weighted by atomic mass is 10.1. The third-order valence-electron chi connectivity index (χ3n) is 4.88. The molecule has 140 valence electrons. The van der Waals surface area contributed by atoms with E-state index in [0.717, 1.165) is 22.7 Å². The normalized spacial score (nSPS) is 13.1. The van der Waals surface area contributed by atoms with Crippen molar-refractivity contribution in [3.8, 4) is 0 Å². The van der Waals surface area contributed by atoms with E-state index in [-0.39, 0.29) is 12.1 Å². The van der Waals surface area contributed by atoms with Gasteiger partial charge in [-0.2, -0.15) is 0 Å². The first-order chi connectivity index (χ1) is 13.7. The lowest BCUT2D eigenvalue weighted by molar-refractivity contribution is 0.854. The van der Waals surface area contributed by atoms with Gasteiger partial charge in [-0.3, -0.25) is 0 Å². The number of hydrogen-bond acceptors (Lipinski definition) is 4. The lowest BCUT2D eigenvalue weighted by Gasteiger charge is -2.21. The molecule has 0 unspecified atom stereocenters. The maximum atomic E-state index is 4.85. The summed E-state index contributed by atoms with van der Waals surface area (Å²) in [5.41, 5.74) is 4.17. The average Bonchev–Trinajstić information content (AvgIpc) is 2.75. The summed E-state index contributed by atoms with van der Waals surface area (Å²) in [6, 6.07) is 28.9. The summed E-state index contributed by atoms with van der Waals surface area (Å²) < 4.78 is 0. The molecule has 1 aromatic heterocycles. The van der Waals surface area contributed by atoms with E-state index < -0.39 is 0 Å². The van der Waals surface area contributed by atoms with E-state index in [4.69, 9.17) is 9.97 Å². The Kier molecular flexibility index (Phi) is 5.20. The van der Waals surface area contributed by atoms with E-state index in [9.17, 15) is 0 Å². The average molecular weight is 368 g/mol. The van der Waals surface area contributed by atoms with E-state index in [1.165, 1.54) is 11.1 Å². The molecule has 4 aromatic rings. The monoisotopic (exact) mass is 368 g/mol. The number of nitrogens with zero attached hydrogens (tertiary/aromatic N) is 2. The van der Waals surface area contributed by atoms with Gasteiger partial charge in [-0.25, -0.2) is 9.97 Å². The van der Waals surface area contributed by atoms with Crippen molar-refractivity contribution in [2.24, 2.45) is 0 Å². The minimum atomic E-state index is 0.115. The van der Waals surface area contributed by atoms with Crippen LogP contribution in [0.1, 0.15) is 37.1 Å². The van der Waals surface area contributed by atoms with Crippen LogP contribution in [0, 0.1) is 0 Å². The van der Waals surface area contributed by atoms with Crippen LogP contribution in [-0.4, -0.2) is 9.97 Å². The van der Waals surface area contributed by atoms with Crippen molar-refractivity contribution >= 4 is 22.7 Å². The molecule has 0 saturated carbocycles. The molecule has 0 amide bonds. The maximum absolute atomic E-state index is 4.85. The zero-order chi connectivity index (χ0) is 19.3. The second kappa shape index (κ2) is 8.09. The second-order valence-electron chi connectivity index (χ2n) is 6.96. The molecule has 0 saturated heterocycles.